The van der Waals surface area contributed by atoms with Crippen LogP contribution in [0.1, 0.15) is 40.9 Å². The number of hydrogen-bond donors (Lipinski definition) is 1. The highest BCUT2D eigenvalue weighted by Gasteiger charge is 2.17. The first-order valence-electron chi connectivity index (χ1n) is 6.95. The van der Waals surface area contributed by atoms with Crippen LogP contribution in [0, 0.1) is 6.92 Å². The van der Waals surface area contributed by atoms with Gasteiger partial charge in [-0.05, 0) is 32.0 Å². The molecule has 2 heterocycles. The second-order valence-corrected chi connectivity index (χ2v) is 6.10. The van der Waals surface area contributed by atoms with Gasteiger partial charge in [-0.2, -0.15) is 5.10 Å². The Balaban J connectivity index is 2.18. The standard InChI is InChI=1S/C15H23N3S/c1-5-12-7-8-13(19-12)9-15(16-6-2)14-10-17-18(4)11(14)3/h7-8,10,15-16H,5-6,9H2,1-4H3. The summed E-state index contributed by atoms with van der Waals surface area (Å²) >= 11 is 1.93. The van der Waals surface area contributed by atoms with Crippen LogP contribution < -0.4 is 5.32 Å². The van der Waals surface area contributed by atoms with Crippen LogP contribution in [0.25, 0.3) is 0 Å². The molecule has 0 aliphatic heterocycles. The molecule has 3 nitrogen and oxygen atoms in total. The maximum absolute atomic E-state index is 4.36. The zero-order valence-corrected chi connectivity index (χ0v) is 13.0. The van der Waals surface area contributed by atoms with Crippen molar-refractivity contribution in [3.05, 3.63) is 39.3 Å². The van der Waals surface area contributed by atoms with Gasteiger partial charge in [0.05, 0.1) is 6.20 Å². The molecule has 0 amide bonds. The molecule has 0 spiro atoms. The van der Waals surface area contributed by atoms with E-state index in [9.17, 15) is 0 Å². The molecule has 0 bridgehead atoms. The molecule has 104 valence electrons. The smallest absolute Gasteiger partial charge is 0.0540 e. The lowest BCUT2D eigenvalue weighted by Crippen LogP contribution is -2.23. The molecule has 2 aromatic heterocycles. The Morgan fingerprint density at radius 2 is 2.05 bits per heavy atom. The van der Waals surface area contributed by atoms with E-state index in [-0.39, 0.29) is 0 Å². The van der Waals surface area contributed by atoms with Crippen LogP contribution in [0.2, 0.25) is 0 Å². The molecule has 19 heavy (non-hydrogen) atoms. The molecule has 2 aromatic rings. The number of likely N-dealkylation sites (N-methyl/N-ethyl adjacent to an activating group) is 1. The number of aromatic nitrogens is 2. The Labute approximate surface area is 119 Å². The van der Waals surface area contributed by atoms with E-state index < -0.39 is 0 Å². The van der Waals surface area contributed by atoms with Crippen molar-refractivity contribution in [1.82, 2.24) is 15.1 Å². The third-order valence-electron chi connectivity index (χ3n) is 3.57. The monoisotopic (exact) mass is 277 g/mol. The maximum Gasteiger partial charge on any atom is 0.0540 e. The molecule has 4 heteroatoms. The Bertz CT molecular complexity index is 527. The van der Waals surface area contributed by atoms with Crippen molar-refractivity contribution in [2.45, 2.75) is 39.7 Å². The first-order chi connectivity index (χ1) is 9.15. The van der Waals surface area contributed by atoms with Crippen molar-refractivity contribution in [2.75, 3.05) is 6.54 Å². The second kappa shape index (κ2) is 6.35. The summed E-state index contributed by atoms with van der Waals surface area (Å²) in [5, 5.41) is 7.94. The molecular formula is C15H23N3S. The molecular weight excluding hydrogens is 254 g/mol. The van der Waals surface area contributed by atoms with E-state index in [0.29, 0.717) is 6.04 Å². The summed E-state index contributed by atoms with van der Waals surface area (Å²) in [5.74, 6) is 0. The van der Waals surface area contributed by atoms with E-state index in [1.165, 1.54) is 21.0 Å². The molecule has 0 radical (unpaired) electrons. The van der Waals surface area contributed by atoms with E-state index >= 15 is 0 Å². The summed E-state index contributed by atoms with van der Waals surface area (Å²) in [5.41, 5.74) is 2.56. The number of rotatable bonds is 6. The highest BCUT2D eigenvalue weighted by Crippen LogP contribution is 2.25. The summed E-state index contributed by atoms with van der Waals surface area (Å²) in [6.45, 7) is 7.48. The van der Waals surface area contributed by atoms with E-state index in [2.05, 4.69) is 43.3 Å². The molecule has 2 rings (SSSR count). The first kappa shape index (κ1) is 14.3. The normalized spacial score (nSPS) is 12.8. The lowest BCUT2D eigenvalue weighted by molar-refractivity contribution is 0.549. The van der Waals surface area contributed by atoms with Gasteiger partial charge in [0, 0.05) is 40.5 Å². The predicted molar refractivity (Wildman–Crippen MR) is 81.8 cm³/mol. The summed E-state index contributed by atoms with van der Waals surface area (Å²) in [6, 6.07) is 4.88. The molecule has 1 N–H and O–H groups in total. The summed E-state index contributed by atoms with van der Waals surface area (Å²) in [4.78, 5) is 2.92. The van der Waals surface area contributed by atoms with Gasteiger partial charge in [-0.15, -0.1) is 11.3 Å². The zero-order chi connectivity index (χ0) is 13.8. The van der Waals surface area contributed by atoms with Crippen LogP contribution >= 0.6 is 11.3 Å². The minimum atomic E-state index is 0.363. The number of nitrogens with zero attached hydrogens (tertiary/aromatic N) is 2. The van der Waals surface area contributed by atoms with Gasteiger partial charge in [-0.25, -0.2) is 0 Å². The van der Waals surface area contributed by atoms with Crippen molar-refractivity contribution in [3.8, 4) is 0 Å². The number of aryl methyl sites for hydroxylation is 2. The topological polar surface area (TPSA) is 29.9 Å². The molecule has 0 saturated heterocycles. The first-order valence-corrected chi connectivity index (χ1v) is 7.76. The van der Waals surface area contributed by atoms with Crippen LogP contribution in [-0.2, 0) is 19.9 Å². The van der Waals surface area contributed by atoms with Crippen molar-refractivity contribution in [1.29, 1.82) is 0 Å². The van der Waals surface area contributed by atoms with E-state index in [0.717, 1.165) is 19.4 Å². The zero-order valence-electron chi connectivity index (χ0n) is 12.2. The Morgan fingerprint density at radius 1 is 1.32 bits per heavy atom. The fourth-order valence-corrected chi connectivity index (χ4v) is 3.32. The largest absolute Gasteiger partial charge is 0.310 e. The quantitative estimate of drug-likeness (QED) is 0.878. The lowest BCUT2D eigenvalue weighted by atomic mass is 10.0. The summed E-state index contributed by atoms with van der Waals surface area (Å²) in [6.07, 6.45) is 4.17. The average molecular weight is 277 g/mol. The highest BCUT2D eigenvalue weighted by molar-refractivity contribution is 7.11. The number of hydrogen-bond acceptors (Lipinski definition) is 3. The number of thiophene rings is 1. The average Bonchev–Trinajstić information content (AvgIpc) is 2.98. The minimum Gasteiger partial charge on any atom is -0.310 e. The van der Waals surface area contributed by atoms with Gasteiger partial charge in [-0.3, -0.25) is 4.68 Å². The van der Waals surface area contributed by atoms with Gasteiger partial charge in [-0.1, -0.05) is 13.8 Å². The van der Waals surface area contributed by atoms with Gasteiger partial charge >= 0.3 is 0 Å². The van der Waals surface area contributed by atoms with Crippen LogP contribution in [0.15, 0.2) is 18.3 Å². The second-order valence-electron chi connectivity index (χ2n) is 4.84. The molecule has 1 atom stereocenters. The lowest BCUT2D eigenvalue weighted by Gasteiger charge is -2.17. The molecule has 0 aliphatic carbocycles. The summed E-state index contributed by atoms with van der Waals surface area (Å²) in [7, 11) is 2.00. The molecule has 0 saturated carbocycles. The highest BCUT2D eigenvalue weighted by atomic mass is 32.1. The fourth-order valence-electron chi connectivity index (χ4n) is 2.32. The Kier molecular flexibility index (Phi) is 4.77. The third-order valence-corrected chi connectivity index (χ3v) is 4.82. The van der Waals surface area contributed by atoms with Crippen molar-refractivity contribution in [2.24, 2.45) is 7.05 Å². The molecule has 0 aromatic carbocycles. The van der Waals surface area contributed by atoms with E-state index in [4.69, 9.17) is 0 Å². The predicted octanol–water partition coefficient (Wildman–Crippen LogP) is 3.25. The summed E-state index contributed by atoms with van der Waals surface area (Å²) < 4.78 is 1.95. The van der Waals surface area contributed by atoms with Gasteiger partial charge in [0.2, 0.25) is 0 Å². The maximum atomic E-state index is 4.36. The van der Waals surface area contributed by atoms with Crippen molar-refractivity contribution < 1.29 is 0 Å². The Morgan fingerprint density at radius 3 is 2.58 bits per heavy atom. The van der Waals surface area contributed by atoms with Gasteiger partial charge in [0.1, 0.15) is 0 Å². The van der Waals surface area contributed by atoms with Gasteiger partial charge in [0.15, 0.2) is 0 Å². The van der Waals surface area contributed by atoms with Crippen LogP contribution in [0.4, 0.5) is 0 Å². The third kappa shape index (κ3) is 3.25. The van der Waals surface area contributed by atoms with Gasteiger partial charge in [0.25, 0.3) is 0 Å². The molecule has 0 aliphatic rings. The number of nitrogens with one attached hydrogen (secondary N) is 1. The van der Waals surface area contributed by atoms with Crippen molar-refractivity contribution in [3.63, 3.8) is 0 Å². The SMILES string of the molecule is CCNC(Cc1ccc(CC)s1)c1cnn(C)c1C. The molecule has 1 unspecified atom stereocenters. The fraction of sp³-hybridized carbons (Fsp3) is 0.533. The van der Waals surface area contributed by atoms with E-state index in [1.54, 1.807) is 0 Å². The van der Waals surface area contributed by atoms with Crippen LogP contribution in [0.3, 0.4) is 0 Å². The van der Waals surface area contributed by atoms with Crippen molar-refractivity contribution >= 4 is 11.3 Å². The van der Waals surface area contributed by atoms with E-state index in [1.807, 2.05) is 29.3 Å². The van der Waals surface area contributed by atoms with Gasteiger partial charge < -0.3 is 5.32 Å². The van der Waals surface area contributed by atoms with Crippen LogP contribution in [-0.4, -0.2) is 16.3 Å². The Hall–Kier alpha value is -1.13. The van der Waals surface area contributed by atoms with Crippen LogP contribution in [0.5, 0.6) is 0 Å². The minimum absolute atomic E-state index is 0.363. The molecule has 0 fully saturated rings.